The Hall–Kier alpha value is -0.480. The van der Waals surface area contributed by atoms with Crippen molar-refractivity contribution in [1.82, 2.24) is 0 Å². The second-order valence-electron chi connectivity index (χ2n) is 3.24. The quantitative estimate of drug-likeness (QED) is 0.836. The molecule has 0 spiro atoms. The first-order chi connectivity index (χ1) is 6.92. The number of halogens is 3. The molecule has 0 aliphatic carbocycles. The number of nitrogens with one attached hydrogen (secondary N) is 1. The number of benzene rings is 2. The Morgan fingerprint density at radius 2 is 1.65 bits per heavy atom. The molecule has 2 rings (SSSR count). The van der Waals surface area contributed by atoms with Crippen molar-refractivity contribution in [3.05, 3.63) is 42.5 Å². The van der Waals surface area contributed by atoms with Crippen LogP contribution in [0.3, 0.4) is 0 Å². The molecule has 5 heteroatoms. The van der Waals surface area contributed by atoms with Crippen LogP contribution in [0.1, 0.15) is 1.43 Å². The fourth-order valence-corrected chi connectivity index (χ4v) is 1.59. The molecule has 0 atom stereocenters. The molecule has 2 aromatic carbocycles. The van der Waals surface area contributed by atoms with E-state index in [1.165, 1.54) is 10.8 Å². The van der Waals surface area contributed by atoms with Gasteiger partial charge >= 0.3 is 1.43 Å². The highest BCUT2D eigenvalue weighted by Crippen LogP contribution is 2.22. The van der Waals surface area contributed by atoms with Crippen LogP contribution in [0, 0.1) is 0 Å². The maximum absolute atomic E-state index is 5.46. The second kappa shape index (κ2) is 9.54. The molecule has 3 N–H and O–H groups in total. The maximum atomic E-state index is 5.46. The summed E-state index contributed by atoms with van der Waals surface area (Å²) in [5.41, 5.74) is 6.62. The van der Waals surface area contributed by atoms with Gasteiger partial charge in [-0.3, -0.25) is 0 Å². The summed E-state index contributed by atoms with van der Waals surface area (Å²) in [4.78, 5) is 0. The van der Waals surface area contributed by atoms with Crippen molar-refractivity contribution in [3.8, 4) is 0 Å². The first-order valence-corrected chi connectivity index (χ1v) is 4.83. The van der Waals surface area contributed by atoms with Gasteiger partial charge in [0.15, 0.2) is 0 Å². The van der Waals surface area contributed by atoms with Crippen molar-refractivity contribution < 1.29 is 18.4 Å². The molecule has 0 aliphatic rings. The second-order valence-corrected chi connectivity index (χ2v) is 3.24. The van der Waals surface area contributed by atoms with Crippen LogP contribution in [0.25, 0.3) is 10.8 Å². The lowest BCUT2D eigenvalue weighted by molar-refractivity contribution is -0.00000315. The van der Waals surface area contributed by atoms with Gasteiger partial charge in [-0.15, -0.1) is 24.8 Å². The summed E-state index contributed by atoms with van der Waals surface area (Å²) in [7, 11) is 0. The fraction of sp³-hybridized carbons (Fsp3) is 0.167. The summed E-state index contributed by atoms with van der Waals surface area (Å²) in [6.07, 6.45) is 0. The van der Waals surface area contributed by atoms with Gasteiger partial charge in [0.25, 0.3) is 0 Å². The zero-order chi connectivity index (χ0) is 9.80. The van der Waals surface area contributed by atoms with E-state index in [0.29, 0.717) is 6.54 Å². The van der Waals surface area contributed by atoms with Crippen molar-refractivity contribution in [2.75, 3.05) is 18.4 Å². The molecular weight excluding hydrogens is 323 g/mol. The summed E-state index contributed by atoms with van der Waals surface area (Å²) in [6.45, 7) is 1.47. The molecule has 96 valence electrons. The van der Waals surface area contributed by atoms with Gasteiger partial charge in [0.05, 0.1) is 0 Å². The minimum Gasteiger partial charge on any atom is -1.00 e. The zero-order valence-electron chi connectivity index (χ0n) is 10.2. The lowest BCUT2D eigenvalue weighted by atomic mass is 10.1. The minimum atomic E-state index is 0. The van der Waals surface area contributed by atoms with Crippen LogP contribution in [0.5, 0.6) is 0 Å². The number of fused-ring (bicyclic) bond motifs is 1. The molecule has 0 saturated heterocycles. The summed E-state index contributed by atoms with van der Waals surface area (Å²) < 4.78 is 0. The SMILES string of the molecule is Cl.Cl.NCCNc1cccc2ccccc12.[Br-].[H+]. The Morgan fingerprint density at radius 1 is 1.00 bits per heavy atom. The van der Waals surface area contributed by atoms with Crippen molar-refractivity contribution in [2.45, 2.75) is 0 Å². The Morgan fingerprint density at radius 3 is 2.35 bits per heavy atom. The largest absolute Gasteiger partial charge is 1.00 e. The molecule has 0 saturated carbocycles. The molecule has 0 radical (unpaired) electrons. The molecule has 17 heavy (non-hydrogen) atoms. The lowest BCUT2D eigenvalue weighted by Gasteiger charge is -2.08. The van der Waals surface area contributed by atoms with Crippen LogP contribution >= 0.6 is 24.8 Å². The van der Waals surface area contributed by atoms with Crippen LogP contribution in [0.2, 0.25) is 0 Å². The van der Waals surface area contributed by atoms with Crippen molar-refractivity contribution in [1.29, 1.82) is 0 Å². The summed E-state index contributed by atoms with van der Waals surface area (Å²) in [6, 6.07) is 14.6. The van der Waals surface area contributed by atoms with Crippen LogP contribution in [0.15, 0.2) is 42.5 Å². The molecular formula is C12H17BrCl2N2. The molecule has 2 aromatic rings. The van der Waals surface area contributed by atoms with E-state index >= 15 is 0 Å². The Labute approximate surface area is 126 Å². The van der Waals surface area contributed by atoms with E-state index in [1.54, 1.807) is 0 Å². The Kier molecular flexibility index (Phi) is 10.6. The molecule has 0 unspecified atom stereocenters. The van der Waals surface area contributed by atoms with Gasteiger partial charge in [0, 0.05) is 24.2 Å². The average molecular weight is 340 g/mol. The van der Waals surface area contributed by atoms with Gasteiger partial charge in [0.2, 0.25) is 0 Å². The predicted octanol–water partition coefficient (Wildman–Crippen LogP) is 0.170. The molecule has 0 aliphatic heterocycles. The molecule has 0 fully saturated rings. The van der Waals surface area contributed by atoms with E-state index < -0.39 is 0 Å². The van der Waals surface area contributed by atoms with Crippen molar-refractivity contribution >= 4 is 41.3 Å². The highest BCUT2D eigenvalue weighted by Gasteiger charge is 1.97. The number of anilines is 1. The van der Waals surface area contributed by atoms with Gasteiger partial charge in [0.1, 0.15) is 0 Å². The van der Waals surface area contributed by atoms with Gasteiger partial charge in [-0.2, -0.15) is 0 Å². The number of hydrogen-bond donors (Lipinski definition) is 2. The molecule has 2 nitrogen and oxygen atoms in total. The monoisotopic (exact) mass is 338 g/mol. The van der Waals surface area contributed by atoms with E-state index in [2.05, 4.69) is 47.8 Å². The normalized spacial score (nSPS) is 8.53. The minimum absolute atomic E-state index is 0. The van der Waals surface area contributed by atoms with E-state index in [1.807, 2.05) is 0 Å². The first-order valence-electron chi connectivity index (χ1n) is 4.83. The third kappa shape index (κ3) is 4.72. The maximum Gasteiger partial charge on any atom is 1.00 e. The molecule has 0 aromatic heterocycles. The Bertz CT molecular complexity index is 438. The summed E-state index contributed by atoms with van der Waals surface area (Å²) in [5, 5.41) is 5.82. The Balaban J connectivity index is -0.000000562. The van der Waals surface area contributed by atoms with Crippen LogP contribution in [-0.2, 0) is 0 Å². The third-order valence-electron chi connectivity index (χ3n) is 2.25. The smallest absolute Gasteiger partial charge is 1.00 e. The average Bonchev–Trinajstić information content (AvgIpc) is 2.26. The molecule has 0 heterocycles. The summed E-state index contributed by atoms with van der Waals surface area (Å²) in [5.74, 6) is 0. The predicted molar refractivity (Wildman–Crippen MR) is 77.1 cm³/mol. The summed E-state index contributed by atoms with van der Waals surface area (Å²) >= 11 is 0. The number of hydrogen-bond acceptors (Lipinski definition) is 2. The highest BCUT2D eigenvalue weighted by molar-refractivity contribution is 5.93. The van der Waals surface area contributed by atoms with E-state index in [9.17, 15) is 0 Å². The zero-order valence-corrected chi connectivity index (χ0v) is 12.4. The first kappa shape index (κ1) is 18.9. The molecule has 0 bridgehead atoms. The lowest BCUT2D eigenvalue weighted by Crippen LogP contribution is -3.00. The van der Waals surface area contributed by atoms with Crippen LogP contribution < -0.4 is 28.0 Å². The van der Waals surface area contributed by atoms with Crippen LogP contribution in [0.4, 0.5) is 5.69 Å². The van der Waals surface area contributed by atoms with E-state index in [0.717, 1.165) is 12.2 Å². The van der Waals surface area contributed by atoms with E-state index in [-0.39, 0.29) is 43.2 Å². The number of nitrogens with two attached hydrogens (primary N) is 1. The van der Waals surface area contributed by atoms with Gasteiger partial charge in [-0.05, 0) is 11.5 Å². The highest BCUT2D eigenvalue weighted by atomic mass is 79.9. The topological polar surface area (TPSA) is 38.0 Å². The van der Waals surface area contributed by atoms with Gasteiger partial charge in [-0.25, -0.2) is 0 Å². The third-order valence-corrected chi connectivity index (χ3v) is 2.25. The molecule has 0 amide bonds. The van der Waals surface area contributed by atoms with Gasteiger partial charge in [-0.1, -0.05) is 36.4 Å². The van der Waals surface area contributed by atoms with Crippen molar-refractivity contribution in [2.24, 2.45) is 5.73 Å². The van der Waals surface area contributed by atoms with Gasteiger partial charge < -0.3 is 28.0 Å². The van der Waals surface area contributed by atoms with E-state index in [4.69, 9.17) is 5.73 Å². The fourth-order valence-electron chi connectivity index (χ4n) is 1.59. The van der Waals surface area contributed by atoms with Crippen LogP contribution in [-0.4, -0.2) is 13.1 Å². The standard InChI is InChI=1S/C12H14N2.BrH.2ClH/c13-8-9-14-12-7-3-5-10-4-1-2-6-11(10)12;;;/h1-7,14H,8-9,13H2;3*1H. The van der Waals surface area contributed by atoms with Crippen molar-refractivity contribution in [3.63, 3.8) is 0 Å². The number of rotatable bonds is 3.